The van der Waals surface area contributed by atoms with Gasteiger partial charge in [-0.15, -0.1) is 0 Å². The highest BCUT2D eigenvalue weighted by Crippen LogP contribution is 2.25. The molecule has 0 fully saturated rings. The average Bonchev–Trinajstić information content (AvgIpc) is 3.18. The Labute approximate surface area is 178 Å². The number of carbonyl (C=O) groups excluding carboxylic acids is 1. The number of para-hydroxylation sites is 2. The molecule has 0 saturated carbocycles. The molecule has 31 heavy (non-hydrogen) atoms. The lowest BCUT2D eigenvalue weighted by Crippen LogP contribution is -2.16. The van der Waals surface area contributed by atoms with Crippen molar-refractivity contribution in [1.82, 2.24) is 19.7 Å². The minimum atomic E-state index is -0.882. The average molecular weight is 443 g/mol. The van der Waals surface area contributed by atoms with Gasteiger partial charge in [-0.2, -0.15) is 5.10 Å². The maximum absolute atomic E-state index is 13.7. The fourth-order valence-electron chi connectivity index (χ4n) is 2.86. The molecular weight excluding hydrogens is 428 g/mol. The van der Waals surface area contributed by atoms with Gasteiger partial charge < -0.3 is 15.0 Å². The molecule has 0 aliphatic rings. The summed E-state index contributed by atoms with van der Waals surface area (Å²) < 4.78 is 33.5. The van der Waals surface area contributed by atoms with E-state index in [4.69, 9.17) is 4.74 Å². The molecule has 0 atom stereocenters. The molecule has 158 valence electrons. The second kappa shape index (κ2) is 8.56. The quantitative estimate of drug-likeness (QED) is 0.351. The number of fused-ring (bicyclic) bond motifs is 1. The lowest BCUT2D eigenvalue weighted by molar-refractivity contribution is -0.113. The Morgan fingerprint density at radius 1 is 1.26 bits per heavy atom. The molecule has 2 heterocycles. The Morgan fingerprint density at radius 3 is 2.84 bits per heavy atom. The zero-order valence-electron chi connectivity index (χ0n) is 16.1. The number of methoxy groups -OCH3 is 1. The Kier molecular flexibility index (Phi) is 5.67. The van der Waals surface area contributed by atoms with E-state index in [9.17, 15) is 18.4 Å². The summed E-state index contributed by atoms with van der Waals surface area (Å²) in [5, 5.41) is 7.04. The number of thioether (sulfide) groups is 1. The van der Waals surface area contributed by atoms with Gasteiger partial charge in [0.15, 0.2) is 10.8 Å². The number of aromatic nitrogens is 4. The predicted molar refractivity (Wildman–Crippen MR) is 112 cm³/mol. The minimum Gasteiger partial charge on any atom is -0.494 e. The third kappa shape index (κ3) is 4.26. The van der Waals surface area contributed by atoms with Gasteiger partial charge in [-0.1, -0.05) is 23.9 Å². The number of amides is 1. The second-order valence-corrected chi connectivity index (χ2v) is 7.26. The molecule has 0 bridgehead atoms. The number of anilines is 1. The monoisotopic (exact) mass is 443 g/mol. The lowest BCUT2D eigenvalue weighted by atomic mass is 10.3. The highest BCUT2D eigenvalue weighted by molar-refractivity contribution is 7.99. The van der Waals surface area contributed by atoms with E-state index in [1.807, 2.05) is 0 Å². The lowest BCUT2D eigenvalue weighted by Gasteiger charge is -2.09. The van der Waals surface area contributed by atoms with Gasteiger partial charge in [0.25, 0.3) is 5.56 Å². The minimum absolute atomic E-state index is 0.141. The van der Waals surface area contributed by atoms with E-state index in [2.05, 4.69) is 20.4 Å². The van der Waals surface area contributed by atoms with Crippen molar-refractivity contribution in [2.45, 2.75) is 5.16 Å². The number of H-pyrrole nitrogens is 1. The number of carbonyl (C=O) groups is 1. The molecule has 0 aliphatic carbocycles. The third-order valence-corrected chi connectivity index (χ3v) is 5.15. The Morgan fingerprint density at radius 2 is 2.06 bits per heavy atom. The summed E-state index contributed by atoms with van der Waals surface area (Å²) in [6.07, 6.45) is 1.39. The zero-order valence-corrected chi connectivity index (χ0v) is 16.9. The summed E-state index contributed by atoms with van der Waals surface area (Å²) >= 11 is 0.955. The molecular formula is C20H15F2N5O3S. The van der Waals surface area contributed by atoms with Gasteiger partial charge in [0.1, 0.15) is 28.5 Å². The Hall–Kier alpha value is -3.73. The van der Waals surface area contributed by atoms with Crippen LogP contribution in [-0.4, -0.2) is 38.5 Å². The first-order valence-electron chi connectivity index (χ1n) is 8.95. The number of hydrogen-bond donors (Lipinski definition) is 2. The third-order valence-electron chi connectivity index (χ3n) is 4.27. The maximum atomic E-state index is 13.7. The van der Waals surface area contributed by atoms with Crippen molar-refractivity contribution in [1.29, 1.82) is 0 Å². The number of rotatable bonds is 6. The highest BCUT2D eigenvalue weighted by Gasteiger charge is 2.15. The summed E-state index contributed by atoms with van der Waals surface area (Å²) in [5.74, 6) is -1.78. The van der Waals surface area contributed by atoms with Crippen molar-refractivity contribution in [3.05, 3.63) is 70.6 Å². The molecule has 0 aliphatic heterocycles. The molecule has 4 rings (SSSR count). The van der Waals surface area contributed by atoms with Crippen molar-refractivity contribution in [2.24, 2.45) is 0 Å². The Balaban J connectivity index is 1.57. The van der Waals surface area contributed by atoms with Crippen LogP contribution in [-0.2, 0) is 4.79 Å². The van der Waals surface area contributed by atoms with Crippen molar-refractivity contribution in [3.63, 3.8) is 0 Å². The maximum Gasteiger partial charge on any atom is 0.262 e. The number of hydrogen-bond acceptors (Lipinski definition) is 6. The smallest absolute Gasteiger partial charge is 0.262 e. The SMILES string of the molecule is COc1ccccc1-n1ncc2c(=O)[nH]c(SCC(=O)Nc3ccc(F)cc3F)nc21. The molecule has 8 nitrogen and oxygen atoms in total. The molecule has 2 aromatic heterocycles. The molecule has 2 aromatic carbocycles. The van der Waals surface area contributed by atoms with Crippen LogP contribution >= 0.6 is 11.8 Å². The van der Waals surface area contributed by atoms with Gasteiger partial charge in [-0.25, -0.2) is 18.4 Å². The van der Waals surface area contributed by atoms with Crippen molar-refractivity contribution >= 4 is 34.4 Å². The molecule has 0 unspecified atom stereocenters. The number of benzene rings is 2. The normalized spacial score (nSPS) is 10.9. The van der Waals surface area contributed by atoms with Gasteiger partial charge in [0, 0.05) is 6.07 Å². The largest absolute Gasteiger partial charge is 0.494 e. The van der Waals surface area contributed by atoms with E-state index in [0.717, 1.165) is 23.9 Å². The summed E-state index contributed by atoms with van der Waals surface area (Å²) in [6, 6.07) is 9.97. The van der Waals surface area contributed by atoms with Crippen molar-refractivity contribution in [3.8, 4) is 11.4 Å². The van der Waals surface area contributed by atoms with Gasteiger partial charge in [-0.05, 0) is 24.3 Å². The van der Waals surface area contributed by atoms with Gasteiger partial charge >= 0.3 is 0 Å². The van der Waals surface area contributed by atoms with E-state index in [0.29, 0.717) is 23.2 Å². The predicted octanol–water partition coefficient (Wildman–Crippen LogP) is 3.13. The van der Waals surface area contributed by atoms with E-state index in [-0.39, 0.29) is 22.0 Å². The number of halogens is 2. The second-order valence-electron chi connectivity index (χ2n) is 6.30. The van der Waals surface area contributed by atoms with Crippen LogP contribution in [0, 0.1) is 11.6 Å². The van der Waals surface area contributed by atoms with Crippen LogP contribution in [0.5, 0.6) is 5.75 Å². The van der Waals surface area contributed by atoms with E-state index >= 15 is 0 Å². The summed E-state index contributed by atoms with van der Waals surface area (Å²) in [6.45, 7) is 0. The van der Waals surface area contributed by atoms with E-state index in [1.165, 1.54) is 18.0 Å². The molecule has 0 radical (unpaired) electrons. The standard InChI is InChI=1S/C20H15F2N5O3S/c1-30-16-5-3-2-4-15(16)27-18-12(9-23-27)19(29)26-20(25-18)31-10-17(28)24-14-7-6-11(21)8-13(14)22/h2-9H,10H2,1H3,(H,24,28)(H,25,26,29). The molecule has 11 heteroatoms. The molecule has 0 spiro atoms. The van der Waals surface area contributed by atoms with Crippen LogP contribution in [0.25, 0.3) is 16.7 Å². The first kappa shape index (κ1) is 20.5. The first-order chi connectivity index (χ1) is 15.0. The van der Waals surface area contributed by atoms with Crippen LogP contribution < -0.4 is 15.6 Å². The molecule has 4 aromatic rings. The molecule has 2 N–H and O–H groups in total. The number of ether oxygens (including phenoxy) is 1. The number of nitrogens with zero attached hydrogens (tertiary/aromatic N) is 3. The van der Waals surface area contributed by atoms with Crippen LogP contribution in [0.1, 0.15) is 0 Å². The van der Waals surface area contributed by atoms with Gasteiger partial charge in [-0.3, -0.25) is 9.59 Å². The van der Waals surface area contributed by atoms with E-state index < -0.39 is 23.1 Å². The fourth-order valence-corrected chi connectivity index (χ4v) is 3.51. The van der Waals surface area contributed by atoms with Crippen LogP contribution in [0.4, 0.5) is 14.5 Å². The Bertz CT molecular complexity index is 1340. The molecule has 1 amide bonds. The summed E-state index contributed by atoms with van der Waals surface area (Å²) in [5.41, 5.74) is 0.330. The van der Waals surface area contributed by atoms with Crippen LogP contribution in [0.3, 0.4) is 0 Å². The topological polar surface area (TPSA) is 102 Å². The van der Waals surface area contributed by atoms with Gasteiger partial charge in [0.2, 0.25) is 5.91 Å². The highest BCUT2D eigenvalue weighted by atomic mass is 32.2. The van der Waals surface area contributed by atoms with Crippen LogP contribution in [0.15, 0.2) is 58.6 Å². The van der Waals surface area contributed by atoms with Gasteiger partial charge in [0.05, 0.1) is 24.7 Å². The van der Waals surface area contributed by atoms with Crippen molar-refractivity contribution < 1.29 is 18.3 Å². The van der Waals surface area contributed by atoms with Crippen molar-refractivity contribution in [2.75, 3.05) is 18.2 Å². The zero-order chi connectivity index (χ0) is 22.0. The number of nitrogens with one attached hydrogen (secondary N) is 2. The molecule has 0 saturated heterocycles. The summed E-state index contributed by atoms with van der Waals surface area (Å²) in [4.78, 5) is 31.6. The fraction of sp³-hybridized carbons (Fsp3) is 0.100. The van der Waals surface area contributed by atoms with Crippen LogP contribution in [0.2, 0.25) is 0 Å². The summed E-state index contributed by atoms with van der Waals surface area (Å²) in [7, 11) is 1.52. The van der Waals surface area contributed by atoms with E-state index in [1.54, 1.807) is 24.3 Å². The number of aromatic amines is 1. The first-order valence-corrected chi connectivity index (χ1v) is 9.94.